The smallest absolute Gasteiger partial charge is 0.366 e. The van der Waals surface area contributed by atoms with Gasteiger partial charge in [-0.05, 0) is 12.5 Å². The van der Waals surface area contributed by atoms with E-state index in [-0.39, 0.29) is 11.1 Å². The van der Waals surface area contributed by atoms with Crippen LogP contribution in [0.25, 0.3) is 0 Å². The molecule has 0 aliphatic heterocycles. The summed E-state index contributed by atoms with van der Waals surface area (Å²) >= 11 is 0. The highest BCUT2D eigenvalue weighted by molar-refractivity contribution is 5.94. The van der Waals surface area contributed by atoms with Crippen LogP contribution < -0.4 is 5.73 Å². The molecule has 1 aromatic heterocycles. The van der Waals surface area contributed by atoms with Crippen molar-refractivity contribution in [2.45, 2.75) is 13.1 Å². The molecule has 0 saturated carbocycles. The Hall–Kier alpha value is -1.66. The van der Waals surface area contributed by atoms with Crippen molar-refractivity contribution >= 4 is 5.91 Å². The van der Waals surface area contributed by atoms with Gasteiger partial charge in [0, 0.05) is 0 Å². The van der Waals surface area contributed by atoms with E-state index in [1.807, 2.05) is 0 Å². The lowest BCUT2D eigenvalue weighted by atomic mass is 10.1. The van der Waals surface area contributed by atoms with Gasteiger partial charge in [-0.3, -0.25) is 4.79 Å². The van der Waals surface area contributed by atoms with Gasteiger partial charge in [0.25, 0.3) is 5.91 Å². The van der Waals surface area contributed by atoms with E-state index >= 15 is 0 Å². The summed E-state index contributed by atoms with van der Waals surface area (Å²) in [5.41, 5.74) is 3.09. The standard InChI is InChI=1S/C7H6F3N3O/c1-3-4(6(11)14)2-12-13-5(3)7(8,9)10/h2H,1H3,(H2,11,14). The number of primary amides is 1. The monoisotopic (exact) mass is 205 g/mol. The number of carbonyl (C=O) groups excluding carboxylic acids is 1. The fourth-order valence-corrected chi connectivity index (χ4v) is 0.961. The van der Waals surface area contributed by atoms with Crippen LogP contribution in [0.1, 0.15) is 21.6 Å². The van der Waals surface area contributed by atoms with Crippen LogP contribution in [-0.4, -0.2) is 16.1 Å². The molecule has 4 nitrogen and oxygen atoms in total. The molecule has 0 fully saturated rings. The Morgan fingerprint density at radius 2 is 2.07 bits per heavy atom. The molecule has 1 heterocycles. The molecule has 7 heteroatoms. The van der Waals surface area contributed by atoms with E-state index in [1.54, 1.807) is 0 Å². The van der Waals surface area contributed by atoms with Crippen molar-refractivity contribution in [2.75, 3.05) is 0 Å². The zero-order valence-electron chi connectivity index (χ0n) is 7.09. The fourth-order valence-electron chi connectivity index (χ4n) is 0.961. The minimum Gasteiger partial charge on any atom is -0.366 e. The number of nitrogens with zero attached hydrogens (tertiary/aromatic N) is 2. The molecule has 0 unspecified atom stereocenters. The summed E-state index contributed by atoms with van der Waals surface area (Å²) < 4.78 is 36.7. The average Bonchev–Trinajstić information content (AvgIpc) is 2.01. The SMILES string of the molecule is Cc1c(C(N)=O)cnnc1C(F)(F)F. The molecule has 0 bridgehead atoms. The quantitative estimate of drug-likeness (QED) is 0.740. The number of rotatable bonds is 1. The Labute approximate surface area is 76.9 Å². The molecule has 14 heavy (non-hydrogen) atoms. The second-order valence-electron chi connectivity index (χ2n) is 2.59. The van der Waals surface area contributed by atoms with E-state index in [0.717, 1.165) is 13.1 Å². The first-order chi connectivity index (χ1) is 6.34. The van der Waals surface area contributed by atoms with Crippen LogP contribution in [-0.2, 0) is 6.18 Å². The van der Waals surface area contributed by atoms with E-state index < -0.39 is 17.8 Å². The fraction of sp³-hybridized carbons (Fsp3) is 0.286. The number of alkyl halides is 3. The van der Waals surface area contributed by atoms with Gasteiger partial charge in [-0.25, -0.2) is 0 Å². The van der Waals surface area contributed by atoms with Gasteiger partial charge in [0.05, 0.1) is 11.8 Å². The van der Waals surface area contributed by atoms with E-state index in [0.29, 0.717) is 0 Å². The lowest BCUT2D eigenvalue weighted by molar-refractivity contribution is -0.142. The summed E-state index contributed by atoms with van der Waals surface area (Å²) in [5.74, 6) is -0.956. The van der Waals surface area contributed by atoms with Crippen LogP contribution in [0.4, 0.5) is 13.2 Å². The first kappa shape index (κ1) is 10.4. The number of amides is 1. The third-order valence-electron chi connectivity index (χ3n) is 1.64. The van der Waals surface area contributed by atoms with Gasteiger partial charge >= 0.3 is 6.18 Å². The largest absolute Gasteiger partial charge is 0.435 e. The summed E-state index contributed by atoms with van der Waals surface area (Å²) in [6.45, 7) is 1.12. The van der Waals surface area contributed by atoms with Gasteiger partial charge in [0.2, 0.25) is 0 Å². The number of hydrogen-bond donors (Lipinski definition) is 1. The number of carbonyl (C=O) groups is 1. The molecule has 0 aromatic carbocycles. The molecule has 0 aliphatic carbocycles. The van der Waals surface area contributed by atoms with E-state index in [9.17, 15) is 18.0 Å². The van der Waals surface area contributed by atoms with Crippen molar-refractivity contribution in [1.29, 1.82) is 0 Å². The predicted molar refractivity (Wildman–Crippen MR) is 40.3 cm³/mol. The zero-order valence-corrected chi connectivity index (χ0v) is 7.09. The van der Waals surface area contributed by atoms with Crippen LogP contribution in [0, 0.1) is 6.92 Å². The molecule has 0 atom stereocenters. The molecular weight excluding hydrogens is 199 g/mol. The molecular formula is C7H6F3N3O. The van der Waals surface area contributed by atoms with Gasteiger partial charge < -0.3 is 5.73 Å². The minimum atomic E-state index is -4.62. The highest BCUT2D eigenvalue weighted by Crippen LogP contribution is 2.30. The summed E-state index contributed by atoms with van der Waals surface area (Å²) in [6, 6.07) is 0. The Morgan fingerprint density at radius 1 is 1.50 bits per heavy atom. The van der Waals surface area contributed by atoms with Crippen molar-refractivity contribution in [3.63, 3.8) is 0 Å². The predicted octanol–water partition coefficient (Wildman–Crippen LogP) is 0.903. The van der Waals surface area contributed by atoms with Gasteiger partial charge in [0.1, 0.15) is 0 Å². The van der Waals surface area contributed by atoms with Crippen molar-refractivity contribution in [2.24, 2.45) is 5.73 Å². The van der Waals surface area contributed by atoms with E-state index in [4.69, 9.17) is 5.73 Å². The Balaban J connectivity index is 3.35. The normalized spacial score (nSPS) is 11.4. The number of hydrogen-bond acceptors (Lipinski definition) is 3. The summed E-state index contributed by atoms with van der Waals surface area (Å²) in [5, 5.41) is 5.97. The van der Waals surface area contributed by atoms with Crippen LogP contribution in [0.3, 0.4) is 0 Å². The van der Waals surface area contributed by atoms with Crippen LogP contribution >= 0.6 is 0 Å². The molecule has 76 valence electrons. The lowest BCUT2D eigenvalue weighted by Crippen LogP contribution is -2.19. The van der Waals surface area contributed by atoms with Gasteiger partial charge in [-0.2, -0.15) is 18.3 Å². The lowest BCUT2D eigenvalue weighted by Gasteiger charge is -2.09. The number of halogens is 3. The maximum absolute atomic E-state index is 12.2. The molecule has 0 spiro atoms. The molecule has 1 amide bonds. The maximum Gasteiger partial charge on any atom is 0.435 e. The summed E-state index contributed by atoms with van der Waals surface area (Å²) in [7, 11) is 0. The molecule has 1 aromatic rings. The molecule has 0 radical (unpaired) electrons. The highest BCUT2D eigenvalue weighted by atomic mass is 19.4. The van der Waals surface area contributed by atoms with Crippen molar-refractivity contribution in [3.05, 3.63) is 23.0 Å². The highest BCUT2D eigenvalue weighted by Gasteiger charge is 2.36. The van der Waals surface area contributed by atoms with E-state index in [2.05, 4.69) is 10.2 Å². The Bertz CT molecular complexity index is 375. The van der Waals surface area contributed by atoms with Crippen molar-refractivity contribution in [3.8, 4) is 0 Å². The van der Waals surface area contributed by atoms with Gasteiger partial charge in [-0.1, -0.05) is 0 Å². The van der Waals surface area contributed by atoms with Crippen LogP contribution in [0.2, 0.25) is 0 Å². The maximum atomic E-state index is 12.2. The number of nitrogens with two attached hydrogens (primary N) is 1. The summed E-state index contributed by atoms with van der Waals surface area (Å²) in [4.78, 5) is 10.7. The first-order valence-electron chi connectivity index (χ1n) is 3.53. The van der Waals surface area contributed by atoms with Gasteiger partial charge in [-0.15, -0.1) is 5.10 Å². The summed E-state index contributed by atoms with van der Waals surface area (Å²) in [6.07, 6.45) is -3.71. The molecule has 0 saturated heterocycles. The second kappa shape index (κ2) is 3.24. The third kappa shape index (κ3) is 1.81. The van der Waals surface area contributed by atoms with Crippen LogP contribution in [0.5, 0.6) is 0 Å². The molecule has 2 N–H and O–H groups in total. The van der Waals surface area contributed by atoms with Crippen LogP contribution in [0.15, 0.2) is 6.20 Å². The van der Waals surface area contributed by atoms with Gasteiger partial charge in [0.15, 0.2) is 5.69 Å². The topological polar surface area (TPSA) is 68.9 Å². The molecule has 0 aliphatic rings. The van der Waals surface area contributed by atoms with E-state index in [1.165, 1.54) is 0 Å². The second-order valence-corrected chi connectivity index (χ2v) is 2.59. The number of aromatic nitrogens is 2. The van der Waals surface area contributed by atoms with Crippen molar-refractivity contribution < 1.29 is 18.0 Å². The average molecular weight is 205 g/mol. The minimum absolute atomic E-state index is 0.271. The zero-order chi connectivity index (χ0) is 10.9. The van der Waals surface area contributed by atoms with Crippen molar-refractivity contribution in [1.82, 2.24) is 10.2 Å². The first-order valence-corrected chi connectivity index (χ1v) is 3.53. The Kier molecular flexibility index (Phi) is 2.41. The third-order valence-corrected chi connectivity index (χ3v) is 1.64. The Morgan fingerprint density at radius 3 is 2.50 bits per heavy atom. The molecule has 1 rings (SSSR count).